The van der Waals surface area contributed by atoms with E-state index in [9.17, 15) is 4.79 Å². The van der Waals surface area contributed by atoms with Crippen LogP contribution in [0.15, 0.2) is 22.6 Å². The fraction of sp³-hybridized carbons (Fsp3) is 0.611. The molecule has 4 saturated carbocycles. The van der Waals surface area contributed by atoms with Gasteiger partial charge in [0, 0.05) is 11.6 Å². The molecule has 1 aromatic rings. The monoisotopic (exact) mass is 316 g/mol. The normalized spacial score (nSPS) is 35.1. The van der Waals surface area contributed by atoms with Crippen molar-refractivity contribution in [2.45, 2.75) is 50.6 Å². The number of rotatable bonds is 5. The summed E-state index contributed by atoms with van der Waals surface area (Å²) in [6.45, 7) is 0.742. The molecule has 1 heterocycles. The Kier molecular flexibility index (Phi) is 3.77. The lowest BCUT2D eigenvalue weighted by Gasteiger charge is -2.57. The van der Waals surface area contributed by atoms with Crippen molar-refractivity contribution < 1.29 is 14.4 Å². The Bertz CT molecular complexity index is 584. The predicted molar refractivity (Wildman–Crippen MR) is 85.4 cm³/mol. The highest BCUT2D eigenvalue weighted by Crippen LogP contribution is 2.55. The van der Waals surface area contributed by atoms with E-state index in [2.05, 4.69) is 5.32 Å². The molecular weight excluding hydrogens is 292 g/mol. The van der Waals surface area contributed by atoms with Crippen molar-refractivity contribution in [3.05, 3.63) is 29.7 Å². The maximum Gasteiger partial charge on any atom is 0.267 e. The second-order valence-electron chi connectivity index (χ2n) is 7.66. The predicted octanol–water partition coefficient (Wildman–Crippen LogP) is 2.86. The van der Waals surface area contributed by atoms with Gasteiger partial charge in [0.25, 0.3) is 5.91 Å². The molecule has 0 saturated heterocycles. The van der Waals surface area contributed by atoms with Gasteiger partial charge in [-0.2, -0.15) is 0 Å². The molecule has 5 nitrogen and oxygen atoms in total. The quantitative estimate of drug-likeness (QED) is 0.444. The van der Waals surface area contributed by atoms with E-state index in [0.29, 0.717) is 11.3 Å². The van der Waals surface area contributed by atoms with Crippen LogP contribution in [0.2, 0.25) is 0 Å². The summed E-state index contributed by atoms with van der Waals surface area (Å²) < 4.78 is 5.73. The average Bonchev–Trinajstić information content (AvgIpc) is 2.97. The number of furan rings is 1. The van der Waals surface area contributed by atoms with E-state index in [0.717, 1.165) is 30.1 Å². The van der Waals surface area contributed by atoms with Gasteiger partial charge in [-0.15, -0.1) is 0 Å². The SMILES string of the molecule is O=C(C=Cc1ccc(CNC23CC4CC(CC(C4)C2)C3)o1)NO. The smallest absolute Gasteiger partial charge is 0.267 e. The van der Waals surface area contributed by atoms with Crippen LogP contribution in [0, 0.1) is 17.8 Å². The first-order valence-electron chi connectivity index (χ1n) is 8.60. The number of amides is 1. The van der Waals surface area contributed by atoms with Crippen LogP contribution in [-0.4, -0.2) is 16.7 Å². The Morgan fingerprint density at radius 2 is 1.87 bits per heavy atom. The third-order valence-corrected chi connectivity index (χ3v) is 5.87. The minimum absolute atomic E-state index is 0.328. The summed E-state index contributed by atoms with van der Waals surface area (Å²) in [7, 11) is 0. The number of carbonyl (C=O) groups is 1. The van der Waals surface area contributed by atoms with Crippen LogP contribution in [0.1, 0.15) is 50.0 Å². The molecule has 3 N–H and O–H groups in total. The van der Waals surface area contributed by atoms with Gasteiger partial charge in [0.15, 0.2) is 0 Å². The van der Waals surface area contributed by atoms with Crippen LogP contribution in [-0.2, 0) is 11.3 Å². The van der Waals surface area contributed by atoms with Gasteiger partial charge < -0.3 is 9.73 Å². The van der Waals surface area contributed by atoms with Crippen molar-refractivity contribution in [2.75, 3.05) is 0 Å². The molecule has 1 aromatic heterocycles. The van der Waals surface area contributed by atoms with Crippen molar-refractivity contribution in [3.63, 3.8) is 0 Å². The van der Waals surface area contributed by atoms with E-state index in [4.69, 9.17) is 9.62 Å². The molecule has 0 aromatic carbocycles. The Morgan fingerprint density at radius 1 is 1.22 bits per heavy atom. The molecule has 0 aliphatic heterocycles. The Balaban J connectivity index is 1.37. The van der Waals surface area contributed by atoms with Gasteiger partial charge in [-0.1, -0.05) is 0 Å². The third kappa shape index (κ3) is 3.08. The lowest BCUT2D eigenvalue weighted by atomic mass is 9.53. The molecule has 0 spiro atoms. The van der Waals surface area contributed by atoms with E-state index in [-0.39, 0.29) is 0 Å². The van der Waals surface area contributed by atoms with Gasteiger partial charge in [0.2, 0.25) is 0 Å². The van der Waals surface area contributed by atoms with Crippen molar-refractivity contribution in [2.24, 2.45) is 17.8 Å². The molecule has 4 aliphatic rings. The lowest BCUT2D eigenvalue weighted by Crippen LogP contribution is -2.58. The van der Waals surface area contributed by atoms with E-state index in [1.54, 1.807) is 11.6 Å². The Hall–Kier alpha value is -1.59. The van der Waals surface area contributed by atoms with Crippen molar-refractivity contribution in [1.29, 1.82) is 0 Å². The van der Waals surface area contributed by atoms with Gasteiger partial charge in [-0.05, 0) is 74.5 Å². The molecule has 5 rings (SSSR count). The van der Waals surface area contributed by atoms with Crippen LogP contribution in [0.25, 0.3) is 6.08 Å². The summed E-state index contributed by atoms with van der Waals surface area (Å²) >= 11 is 0. The second kappa shape index (κ2) is 5.80. The number of nitrogens with one attached hydrogen (secondary N) is 2. The molecule has 5 heteroatoms. The van der Waals surface area contributed by atoms with Crippen LogP contribution in [0.3, 0.4) is 0 Å². The van der Waals surface area contributed by atoms with Gasteiger partial charge in [0.05, 0.1) is 6.54 Å². The molecule has 0 unspecified atom stereocenters. The zero-order valence-corrected chi connectivity index (χ0v) is 13.3. The molecule has 0 atom stereocenters. The van der Waals surface area contributed by atoms with Gasteiger partial charge in [0.1, 0.15) is 11.5 Å². The van der Waals surface area contributed by atoms with Gasteiger partial charge in [-0.3, -0.25) is 10.0 Å². The highest BCUT2D eigenvalue weighted by atomic mass is 16.5. The first-order chi connectivity index (χ1) is 11.1. The van der Waals surface area contributed by atoms with Gasteiger partial charge in [-0.25, -0.2) is 5.48 Å². The fourth-order valence-electron chi connectivity index (χ4n) is 5.38. The summed E-state index contributed by atoms with van der Waals surface area (Å²) in [6, 6.07) is 3.79. The van der Waals surface area contributed by atoms with Crippen LogP contribution >= 0.6 is 0 Å². The Labute approximate surface area is 136 Å². The molecule has 4 fully saturated rings. The number of carbonyl (C=O) groups excluding carboxylic acids is 1. The molecule has 4 bridgehead atoms. The van der Waals surface area contributed by atoms with E-state index < -0.39 is 5.91 Å². The highest BCUT2D eigenvalue weighted by Gasteiger charge is 2.50. The minimum atomic E-state index is -0.561. The number of hydrogen-bond acceptors (Lipinski definition) is 4. The fourth-order valence-corrected chi connectivity index (χ4v) is 5.38. The first-order valence-corrected chi connectivity index (χ1v) is 8.60. The van der Waals surface area contributed by atoms with Crippen LogP contribution in [0.5, 0.6) is 0 Å². The van der Waals surface area contributed by atoms with E-state index in [1.807, 2.05) is 12.1 Å². The highest BCUT2D eigenvalue weighted by molar-refractivity contribution is 5.90. The largest absolute Gasteiger partial charge is 0.460 e. The third-order valence-electron chi connectivity index (χ3n) is 5.87. The van der Waals surface area contributed by atoms with Crippen molar-refractivity contribution in [3.8, 4) is 0 Å². The summed E-state index contributed by atoms with van der Waals surface area (Å²) in [5, 5.41) is 12.3. The Morgan fingerprint density at radius 3 is 2.48 bits per heavy atom. The van der Waals surface area contributed by atoms with Gasteiger partial charge >= 0.3 is 0 Å². The molecule has 4 aliphatic carbocycles. The summed E-state index contributed by atoms with van der Waals surface area (Å²) in [5.41, 5.74) is 1.89. The number of hydroxylamine groups is 1. The average molecular weight is 316 g/mol. The van der Waals surface area contributed by atoms with E-state index >= 15 is 0 Å². The zero-order chi connectivity index (χ0) is 15.9. The van der Waals surface area contributed by atoms with Crippen molar-refractivity contribution >= 4 is 12.0 Å². The maximum atomic E-state index is 11.0. The van der Waals surface area contributed by atoms with Crippen LogP contribution in [0.4, 0.5) is 0 Å². The zero-order valence-electron chi connectivity index (χ0n) is 13.3. The summed E-state index contributed by atoms with van der Waals surface area (Å²) in [6.07, 6.45) is 11.1. The molecular formula is C18H24N2O3. The van der Waals surface area contributed by atoms with Crippen LogP contribution < -0.4 is 10.8 Å². The standard InChI is InChI=1S/C18H24N2O3/c21-17(20-22)4-3-15-1-2-16(23-15)11-19-18-8-12-5-13(9-18)7-14(6-12)10-18/h1-4,12-14,19,22H,5-11H2,(H,20,21). The summed E-state index contributed by atoms with van der Waals surface area (Å²) in [5.74, 6) is 3.75. The molecule has 1 amide bonds. The lowest BCUT2D eigenvalue weighted by molar-refractivity contribution is -0.124. The van der Waals surface area contributed by atoms with E-state index in [1.165, 1.54) is 44.6 Å². The topological polar surface area (TPSA) is 74.5 Å². The second-order valence-corrected chi connectivity index (χ2v) is 7.66. The first kappa shape index (κ1) is 15.0. The summed E-state index contributed by atoms with van der Waals surface area (Å²) in [4.78, 5) is 11.0. The molecule has 0 radical (unpaired) electrons. The maximum absolute atomic E-state index is 11.0. The van der Waals surface area contributed by atoms with Crippen molar-refractivity contribution in [1.82, 2.24) is 10.8 Å². The molecule has 23 heavy (non-hydrogen) atoms. The number of hydrogen-bond donors (Lipinski definition) is 3. The molecule has 124 valence electrons. The minimum Gasteiger partial charge on any atom is -0.460 e.